The maximum Gasteiger partial charge on any atom is 0.135 e. The molecule has 26 heavy (non-hydrogen) atoms. The number of hydrogen-bond donors (Lipinski definition) is 0. The Balaban J connectivity index is 1.60. The van der Waals surface area contributed by atoms with Gasteiger partial charge in [0.2, 0.25) is 0 Å². The molecule has 2 aromatic carbocycles. The second-order valence-corrected chi connectivity index (χ2v) is 7.20. The molecule has 0 N–H and O–H groups in total. The van der Waals surface area contributed by atoms with Crippen LogP contribution < -0.4 is 14.4 Å². The molecule has 1 aliphatic heterocycles. The molecule has 1 saturated heterocycles. The summed E-state index contributed by atoms with van der Waals surface area (Å²) in [6.45, 7) is 8.18. The van der Waals surface area contributed by atoms with Crippen LogP contribution in [0.3, 0.4) is 0 Å². The highest BCUT2D eigenvalue weighted by Crippen LogP contribution is 2.30. The van der Waals surface area contributed by atoms with Gasteiger partial charge in [-0.25, -0.2) is 0 Å². The maximum atomic E-state index is 5.46. The zero-order valence-corrected chi connectivity index (χ0v) is 17.0. The summed E-state index contributed by atoms with van der Waals surface area (Å²) < 4.78 is 11.8. The minimum Gasteiger partial charge on any atom is -0.496 e. The Morgan fingerprint density at radius 2 is 1.69 bits per heavy atom. The van der Waals surface area contributed by atoms with Gasteiger partial charge in [0.05, 0.1) is 18.7 Å². The highest BCUT2D eigenvalue weighted by Gasteiger charge is 2.19. The lowest BCUT2D eigenvalue weighted by atomic mass is 10.1. The van der Waals surface area contributed by atoms with E-state index in [-0.39, 0.29) is 0 Å². The fourth-order valence-electron chi connectivity index (χ4n) is 3.31. The van der Waals surface area contributed by atoms with E-state index in [1.807, 2.05) is 24.3 Å². The van der Waals surface area contributed by atoms with Crippen molar-refractivity contribution >= 4 is 21.6 Å². The topological polar surface area (TPSA) is 24.9 Å². The molecule has 3 rings (SSSR count). The highest BCUT2D eigenvalue weighted by molar-refractivity contribution is 9.10. The van der Waals surface area contributed by atoms with Crippen molar-refractivity contribution in [3.63, 3.8) is 0 Å². The largest absolute Gasteiger partial charge is 0.496 e. The van der Waals surface area contributed by atoms with Crippen LogP contribution in [0, 0.1) is 0 Å². The molecule has 0 unspecified atom stereocenters. The molecule has 1 heterocycles. The van der Waals surface area contributed by atoms with E-state index >= 15 is 0 Å². The summed E-state index contributed by atoms with van der Waals surface area (Å²) in [6, 6.07) is 14.4. The number of halogens is 1. The third-order valence-corrected chi connectivity index (χ3v) is 5.47. The number of ether oxygens (including phenoxy) is 2. The van der Waals surface area contributed by atoms with Gasteiger partial charge in [0.1, 0.15) is 11.5 Å². The van der Waals surface area contributed by atoms with Gasteiger partial charge in [0.15, 0.2) is 0 Å². The second-order valence-electron chi connectivity index (χ2n) is 6.35. The lowest BCUT2D eigenvalue weighted by Gasteiger charge is -2.38. The fraction of sp³-hybridized carbons (Fsp3) is 0.333. The van der Waals surface area contributed by atoms with E-state index in [0.29, 0.717) is 0 Å². The van der Waals surface area contributed by atoms with Crippen LogP contribution in [-0.4, -0.2) is 45.3 Å². The summed E-state index contributed by atoms with van der Waals surface area (Å²) in [4.78, 5) is 4.76. The van der Waals surface area contributed by atoms with E-state index in [9.17, 15) is 0 Å². The minimum atomic E-state index is 0.816. The van der Waals surface area contributed by atoms with Gasteiger partial charge in [-0.2, -0.15) is 0 Å². The number of piperazine rings is 1. The molecule has 4 nitrogen and oxygen atoms in total. The summed E-state index contributed by atoms with van der Waals surface area (Å²) in [5.74, 6) is 1.79. The summed E-state index contributed by atoms with van der Waals surface area (Å²) >= 11 is 3.51. The molecular formula is C21H25BrN2O2. The maximum absolute atomic E-state index is 5.46. The lowest BCUT2D eigenvalue weighted by Crippen LogP contribution is -2.46. The molecule has 0 aromatic heterocycles. The van der Waals surface area contributed by atoms with E-state index in [2.05, 4.69) is 50.5 Å². The SMILES string of the molecule is C=C(Cc1ccccc1OC)N1CCN(c2ccc(Br)c(OC)c2)CC1. The zero-order chi connectivity index (χ0) is 18.5. The summed E-state index contributed by atoms with van der Waals surface area (Å²) in [5, 5.41) is 0. The molecule has 0 radical (unpaired) electrons. The Morgan fingerprint density at radius 1 is 1.00 bits per heavy atom. The van der Waals surface area contributed by atoms with Crippen LogP contribution in [0.1, 0.15) is 5.56 Å². The molecule has 0 atom stereocenters. The predicted molar refractivity (Wildman–Crippen MR) is 110 cm³/mol. The van der Waals surface area contributed by atoms with Crippen LogP contribution in [-0.2, 0) is 6.42 Å². The van der Waals surface area contributed by atoms with E-state index in [1.165, 1.54) is 11.3 Å². The Hall–Kier alpha value is -2.14. The number of anilines is 1. The molecule has 5 heteroatoms. The molecule has 138 valence electrons. The molecular weight excluding hydrogens is 392 g/mol. The highest BCUT2D eigenvalue weighted by atomic mass is 79.9. The van der Waals surface area contributed by atoms with Gasteiger partial charge < -0.3 is 19.3 Å². The molecule has 0 spiro atoms. The number of rotatable bonds is 6. The Labute approximate surface area is 164 Å². The fourth-order valence-corrected chi connectivity index (χ4v) is 3.72. The molecule has 0 bridgehead atoms. The number of para-hydroxylation sites is 1. The zero-order valence-electron chi connectivity index (χ0n) is 15.4. The van der Waals surface area contributed by atoms with Crippen molar-refractivity contribution in [1.29, 1.82) is 0 Å². The summed E-state index contributed by atoms with van der Waals surface area (Å²) in [7, 11) is 3.41. The first-order valence-electron chi connectivity index (χ1n) is 8.75. The molecule has 0 amide bonds. The normalized spacial score (nSPS) is 14.3. The number of methoxy groups -OCH3 is 2. The van der Waals surface area contributed by atoms with E-state index in [0.717, 1.165) is 54.3 Å². The second kappa shape index (κ2) is 8.49. The molecule has 2 aromatic rings. The van der Waals surface area contributed by atoms with E-state index < -0.39 is 0 Å². The van der Waals surface area contributed by atoms with Gasteiger partial charge in [0, 0.05) is 50.1 Å². The van der Waals surface area contributed by atoms with Crippen molar-refractivity contribution in [1.82, 2.24) is 4.90 Å². The molecule has 1 aliphatic rings. The van der Waals surface area contributed by atoms with Gasteiger partial charge in [-0.05, 0) is 39.7 Å². The van der Waals surface area contributed by atoms with Crippen LogP contribution in [0.15, 0.2) is 59.2 Å². The monoisotopic (exact) mass is 416 g/mol. The standard InChI is InChI=1S/C21H25BrN2O2/c1-16(14-17-6-4-5-7-20(17)25-2)23-10-12-24(13-11-23)18-8-9-19(22)21(15-18)26-3/h4-9,15H,1,10-14H2,2-3H3. The summed E-state index contributed by atoms with van der Waals surface area (Å²) in [6.07, 6.45) is 0.816. The van der Waals surface area contributed by atoms with Crippen LogP contribution in [0.25, 0.3) is 0 Å². The van der Waals surface area contributed by atoms with E-state index in [1.54, 1.807) is 14.2 Å². The van der Waals surface area contributed by atoms with Crippen LogP contribution in [0.5, 0.6) is 11.5 Å². The average molecular weight is 417 g/mol. The number of nitrogens with zero attached hydrogens (tertiary/aromatic N) is 2. The first-order valence-corrected chi connectivity index (χ1v) is 9.54. The van der Waals surface area contributed by atoms with Gasteiger partial charge in [-0.15, -0.1) is 0 Å². The smallest absolute Gasteiger partial charge is 0.135 e. The quantitative estimate of drug-likeness (QED) is 0.698. The number of benzene rings is 2. The van der Waals surface area contributed by atoms with Gasteiger partial charge in [0.25, 0.3) is 0 Å². The molecule has 0 aliphatic carbocycles. The van der Waals surface area contributed by atoms with Crippen molar-refractivity contribution in [3.8, 4) is 11.5 Å². The molecule has 1 fully saturated rings. The molecule has 0 saturated carbocycles. The lowest BCUT2D eigenvalue weighted by molar-refractivity contribution is 0.315. The Morgan fingerprint density at radius 3 is 2.38 bits per heavy atom. The average Bonchev–Trinajstić information content (AvgIpc) is 2.69. The van der Waals surface area contributed by atoms with Crippen molar-refractivity contribution in [3.05, 3.63) is 64.8 Å². The van der Waals surface area contributed by atoms with Crippen molar-refractivity contribution in [2.75, 3.05) is 45.3 Å². The minimum absolute atomic E-state index is 0.816. The van der Waals surface area contributed by atoms with E-state index in [4.69, 9.17) is 9.47 Å². The van der Waals surface area contributed by atoms with Crippen LogP contribution >= 0.6 is 15.9 Å². The Kier molecular flexibility index (Phi) is 6.09. The third-order valence-electron chi connectivity index (χ3n) is 4.81. The van der Waals surface area contributed by atoms with Gasteiger partial charge >= 0.3 is 0 Å². The van der Waals surface area contributed by atoms with Crippen molar-refractivity contribution < 1.29 is 9.47 Å². The van der Waals surface area contributed by atoms with Crippen molar-refractivity contribution in [2.45, 2.75) is 6.42 Å². The van der Waals surface area contributed by atoms with Gasteiger partial charge in [-0.1, -0.05) is 24.8 Å². The number of allylic oxidation sites excluding steroid dienone is 1. The third kappa shape index (κ3) is 4.15. The number of hydrogen-bond acceptors (Lipinski definition) is 4. The van der Waals surface area contributed by atoms with Crippen LogP contribution in [0.2, 0.25) is 0 Å². The first-order chi connectivity index (χ1) is 12.6. The summed E-state index contributed by atoms with van der Waals surface area (Å²) in [5.41, 5.74) is 3.52. The van der Waals surface area contributed by atoms with Crippen molar-refractivity contribution in [2.24, 2.45) is 0 Å². The van der Waals surface area contributed by atoms with Gasteiger partial charge in [-0.3, -0.25) is 0 Å². The Bertz CT molecular complexity index is 770. The predicted octanol–water partition coefficient (Wildman–Crippen LogP) is 4.34. The van der Waals surface area contributed by atoms with Crippen LogP contribution in [0.4, 0.5) is 5.69 Å². The first kappa shape index (κ1) is 18.6.